The van der Waals surface area contributed by atoms with Crippen LogP contribution in [0, 0.1) is 0 Å². The van der Waals surface area contributed by atoms with Gasteiger partial charge in [0, 0.05) is 37.8 Å². The highest BCUT2D eigenvalue weighted by Gasteiger charge is 2.40. The molecule has 0 unspecified atom stereocenters. The Bertz CT molecular complexity index is 955. The number of benzene rings is 1. The van der Waals surface area contributed by atoms with Gasteiger partial charge in [0.1, 0.15) is 5.65 Å². The molecule has 0 spiro atoms. The fourth-order valence-electron chi connectivity index (χ4n) is 4.06. The highest BCUT2D eigenvalue weighted by molar-refractivity contribution is 5.83. The summed E-state index contributed by atoms with van der Waals surface area (Å²) in [4.78, 5) is 30.3. The first-order chi connectivity index (χ1) is 13.6. The summed E-state index contributed by atoms with van der Waals surface area (Å²) >= 11 is 0. The number of rotatable bonds is 4. The van der Waals surface area contributed by atoms with Crippen LogP contribution >= 0.6 is 0 Å². The molecular formula is C22H24N4O2. The lowest BCUT2D eigenvalue weighted by Crippen LogP contribution is -2.48. The van der Waals surface area contributed by atoms with Crippen LogP contribution in [-0.2, 0) is 15.0 Å². The largest absolute Gasteiger partial charge is 0.347 e. The number of hydrogen-bond donors (Lipinski definition) is 1. The molecule has 1 fully saturated rings. The van der Waals surface area contributed by atoms with Crippen molar-refractivity contribution in [3.05, 3.63) is 72.2 Å². The third kappa shape index (κ3) is 3.38. The van der Waals surface area contributed by atoms with E-state index in [-0.39, 0.29) is 23.8 Å². The van der Waals surface area contributed by atoms with Gasteiger partial charge in [0.25, 0.3) is 0 Å². The van der Waals surface area contributed by atoms with E-state index >= 15 is 0 Å². The molecule has 1 saturated heterocycles. The Morgan fingerprint density at radius 2 is 1.79 bits per heavy atom. The maximum atomic E-state index is 12.4. The minimum atomic E-state index is -0.224. The number of likely N-dealkylation sites (tertiary alicyclic amines) is 1. The average Bonchev–Trinajstić information content (AvgIpc) is 3.17. The minimum absolute atomic E-state index is 0.0353. The van der Waals surface area contributed by atoms with Gasteiger partial charge in [-0.05, 0) is 30.5 Å². The summed E-state index contributed by atoms with van der Waals surface area (Å²) in [6, 6.07) is 16.4. The number of carbonyl (C=O) groups excluding carboxylic acids is 2. The molecule has 28 heavy (non-hydrogen) atoms. The van der Waals surface area contributed by atoms with Crippen LogP contribution in [0.25, 0.3) is 5.65 Å². The van der Waals surface area contributed by atoms with Gasteiger partial charge >= 0.3 is 0 Å². The van der Waals surface area contributed by atoms with Gasteiger partial charge in [-0.1, -0.05) is 36.4 Å². The molecule has 0 radical (unpaired) electrons. The van der Waals surface area contributed by atoms with Gasteiger partial charge in [-0.2, -0.15) is 0 Å². The lowest BCUT2D eigenvalue weighted by Gasteiger charge is -2.41. The summed E-state index contributed by atoms with van der Waals surface area (Å²) in [6.45, 7) is 2.76. The Morgan fingerprint density at radius 3 is 2.46 bits per heavy atom. The average molecular weight is 376 g/mol. The van der Waals surface area contributed by atoms with Crippen LogP contribution in [0.1, 0.15) is 31.0 Å². The highest BCUT2D eigenvalue weighted by Crippen LogP contribution is 2.41. The van der Waals surface area contributed by atoms with Crippen molar-refractivity contribution in [1.29, 1.82) is 0 Å². The van der Waals surface area contributed by atoms with E-state index in [1.54, 1.807) is 0 Å². The van der Waals surface area contributed by atoms with Crippen LogP contribution in [0.2, 0.25) is 0 Å². The summed E-state index contributed by atoms with van der Waals surface area (Å²) in [5.74, 6) is -0.222. The quantitative estimate of drug-likeness (QED) is 0.760. The number of hydrogen-bond acceptors (Lipinski definition) is 3. The number of nitrogens with zero attached hydrogens (tertiary/aromatic N) is 3. The second kappa shape index (κ2) is 7.46. The maximum Gasteiger partial charge on any atom is 0.241 e. The zero-order chi connectivity index (χ0) is 19.6. The molecule has 4 rings (SSSR count). The smallest absolute Gasteiger partial charge is 0.241 e. The zero-order valence-corrected chi connectivity index (χ0v) is 16.0. The molecule has 0 atom stereocenters. The number of aromatic nitrogens is 2. The zero-order valence-electron chi connectivity index (χ0n) is 16.0. The summed E-state index contributed by atoms with van der Waals surface area (Å²) in [6.07, 6.45) is 5.72. The summed E-state index contributed by atoms with van der Waals surface area (Å²) < 4.78 is 2.05. The fourth-order valence-corrected chi connectivity index (χ4v) is 4.06. The highest BCUT2D eigenvalue weighted by atomic mass is 16.2. The SMILES string of the molecule is CC(=O)NCC(=O)N1CCC(c2ccccc2)(c2cn3ccccc3n2)CC1. The van der Waals surface area contributed by atoms with E-state index in [4.69, 9.17) is 4.98 Å². The molecule has 2 aromatic heterocycles. The molecule has 6 heteroatoms. The molecule has 1 aliphatic rings. The first-order valence-electron chi connectivity index (χ1n) is 9.60. The lowest BCUT2D eigenvalue weighted by atomic mass is 9.70. The van der Waals surface area contributed by atoms with Crippen molar-refractivity contribution in [2.24, 2.45) is 0 Å². The molecule has 3 aromatic rings. The predicted octanol–water partition coefficient (Wildman–Crippen LogP) is 2.38. The predicted molar refractivity (Wildman–Crippen MR) is 107 cm³/mol. The van der Waals surface area contributed by atoms with Crippen molar-refractivity contribution in [3.63, 3.8) is 0 Å². The van der Waals surface area contributed by atoms with Crippen molar-refractivity contribution in [2.45, 2.75) is 25.2 Å². The van der Waals surface area contributed by atoms with Crippen molar-refractivity contribution in [3.8, 4) is 0 Å². The molecule has 2 amide bonds. The molecule has 0 aliphatic carbocycles. The standard InChI is InChI=1S/C22H24N4O2/c1-17(27)23-15-21(28)25-13-10-22(11-14-25,18-7-3-2-4-8-18)19-16-26-12-6-5-9-20(26)24-19/h2-9,12,16H,10-11,13-15H2,1H3,(H,23,27). The van der Waals surface area contributed by atoms with Crippen LogP contribution < -0.4 is 5.32 Å². The Balaban J connectivity index is 1.63. The number of amides is 2. The Kier molecular flexibility index (Phi) is 4.86. The maximum absolute atomic E-state index is 12.4. The number of fused-ring (bicyclic) bond motifs is 1. The van der Waals surface area contributed by atoms with Crippen molar-refractivity contribution >= 4 is 17.5 Å². The van der Waals surface area contributed by atoms with Gasteiger partial charge < -0.3 is 14.6 Å². The van der Waals surface area contributed by atoms with Gasteiger partial charge in [-0.25, -0.2) is 4.98 Å². The first kappa shape index (κ1) is 18.2. The van der Waals surface area contributed by atoms with Crippen LogP contribution in [0.15, 0.2) is 60.9 Å². The molecule has 6 nitrogen and oxygen atoms in total. The molecule has 3 heterocycles. The Labute approximate surface area is 164 Å². The van der Waals surface area contributed by atoms with E-state index in [0.717, 1.165) is 24.2 Å². The molecule has 0 saturated carbocycles. The van der Waals surface area contributed by atoms with Crippen molar-refractivity contribution < 1.29 is 9.59 Å². The number of piperidine rings is 1. The van der Waals surface area contributed by atoms with Gasteiger partial charge in [0.05, 0.1) is 12.2 Å². The second-order valence-electron chi connectivity index (χ2n) is 7.33. The van der Waals surface area contributed by atoms with Crippen molar-refractivity contribution in [2.75, 3.05) is 19.6 Å². The second-order valence-corrected chi connectivity index (χ2v) is 7.33. The number of carbonyl (C=O) groups is 2. The van der Waals surface area contributed by atoms with Crippen LogP contribution in [0.5, 0.6) is 0 Å². The van der Waals surface area contributed by atoms with Gasteiger partial charge in [-0.15, -0.1) is 0 Å². The lowest BCUT2D eigenvalue weighted by molar-refractivity contribution is -0.133. The van der Waals surface area contributed by atoms with E-state index in [1.807, 2.05) is 39.8 Å². The van der Waals surface area contributed by atoms with E-state index in [0.29, 0.717) is 13.1 Å². The summed E-state index contributed by atoms with van der Waals surface area (Å²) in [5.41, 5.74) is 2.97. The summed E-state index contributed by atoms with van der Waals surface area (Å²) in [7, 11) is 0. The third-order valence-corrected chi connectivity index (χ3v) is 5.64. The van der Waals surface area contributed by atoms with Crippen LogP contribution in [0.4, 0.5) is 0 Å². The molecule has 144 valence electrons. The van der Waals surface area contributed by atoms with Gasteiger partial charge in [0.2, 0.25) is 11.8 Å². The summed E-state index contributed by atoms with van der Waals surface area (Å²) in [5, 5.41) is 2.60. The number of pyridine rings is 1. The first-order valence-corrected chi connectivity index (χ1v) is 9.60. The Morgan fingerprint density at radius 1 is 1.07 bits per heavy atom. The molecule has 1 N–H and O–H groups in total. The van der Waals surface area contributed by atoms with E-state index in [9.17, 15) is 9.59 Å². The molecular weight excluding hydrogens is 352 g/mol. The van der Waals surface area contributed by atoms with Gasteiger partial charge in [-0.3, -0.25) is 9.59 Å². The normalized spacial score (nSPS) is 16.1. The van der Waals surface area contributed by atoms with E-state index in [2.05, 4.69) is 35.8 Å². The number of imidazole rings is 1. The number of nitrogens with one attached hydrogen (secondary N) is 1. The molecule has 1 aliphatic heterocycles. The van der Waals surface area contributed by atoms with E-state index in [1.165, 1.54) is 12.5 Å². The molecule has 1 aromatic carbocycles. The van der Waals surface area contributed by atoms with Crippen LogP contribution in [-0.4, -0.2) is 45.7 Å². The fraction of sp³-hybridized carbons (Fsp3) is 0.318. The monoisotopic (exact) mass is 376 g/mol. The van der Waals surface area contributed by atoms with E-state index < -0.39 is 0 Å². The Hall–Kier alpha value is -3.15. The third-order valence-electron chi connectivity index (χ3n) is 5.64. The minimum Gasteiger partial charge on any atom is -0.347 e. The van der Waals surface area contributed by atoms with Crippen molar-refractivity contribution in [1.82, 2.24) is 19.6 Å². The topological polar surface area (TPSA) is 66.7 Å². The van der Waals surface area contributed by atoms with Crippen LogP contribution in [0.3, 0.4) is 0 Å². The van der Waals surface area contributed by atoms with Gasteiger partial charge in [0.15, 0.2) is 0 Å². The molecule has 0 bridgehead atoms.